The maximum absolute atomic E-state index is 12.1. The van der Waals surface area contributed by atoms with Gasteiger partial charge in [-0.25, -0.2) is 8.42 Å². The molecule has 0 aromatic rings. The smallest absolute Gasteiger partial charge is 0.379 e. The number of nitrogens with one attached hydrogen (secondary N) is 1. The van der Waals surface area contributed by atoms with Crippen LogP contribution < -0.4 is 5.32 Å². The zero-order valence-electron chi connectivity index (χ0n) is 14.0. The molecule has 0 unspecified atom stereocenters. The summed E-state index contributed by atoms with van der Waals surface area (Å²) < 4.78 is 64.0. The number of alkyl halides is 3. The van der Waals surface area contributed by atoms with E-state index in [0.29, 0.717) is 13.0 Å². The van der Waals surface area contributed by atoms with Crippen LogP contribution in [0.3, 0.4) is 0 Å². The second kappa shape index (κ2) is 8.86. The quantitative estimate of drug-likeness (QED) is 0.607. The summed E-state index contributed by atoms with van der Waals surface area (Å²) in [7, 11) is -3.98. The third kappa shape index (κ3) is 8.55. The summed E-state index contributed by atoms with van der Waals surface area (Å²) in [6, 6.07) is 0. The Labute approximate surface area is 135 Å². The van der Waals surface area contributed by atoms with Gasteiger partial charge in [-0.1, -0.05) is 0 Å². The fraction of sp³-hybridized carbons (Fsp3) is 0.929. The van der Waals surface area contributed by atoms with E-state index < -0.39 is 45.3 Å². The van der Waals surface area contributed by atoms with Gasteiger partial charge in [-0.05, 0) is 40.5 Å². The summed E-state index contributed by atoms with van der Waals surface area (Å²) in [4.78, 5) is 12.0. The molecule has 1 amide bonds. The number of hydrogen-bond acceptors (Lipinski definition) is 4. The Kier molecular flexibility index (Phi) is 8.54. The van der Waals surface area contributed by atoms with E-state index in [9.17, 15) is 26.4 Å². The number of sulfone groups is 1. The molecule has 0 atom stereocenters. The lowest BCUT2D eigenvalue weighted by Gasteiger charge is -2.24. The second-order valence-electron chi connectivity index (χ2n) is 6.08. The predicted octanol–water partition coefficient (Wildman–Crippen LogP) is 2.45. The van der Waals surface area contributed by atoms with Crippen molar-refractivity contribution in [1.82, 2.24) is 5.32 Å². The Morgan fingerprint density at radius 3 is 2.22 bits per heavy atom. The van der Waals surface area contributed by atoms with Crippen LogP contribution in [0.1, 0.15) is 47.0 Å². The molecule has 0 aliphatic carbocycles. The molecule has 1 N–H and O–H groups in total. The first-order valence-electron chi connectivity index (χ1n) is 7.48. The molecule has 0 aliphatic rings. The van der Waals surface area contributed by atoms with Gasteiger partial charge in [0.25, 0.3) is 0 Å². The number of carbonyl (C=O) groups is 1. The van der Waals surface area contributed by atoms with Gasteiger partial charge in [-0.15, -0.1) is 0 Å². The van der Waals surface area contributed by atoms with Crippen LogP contribution in [0.25, 0.3) is 0 Å². The van der Waals surface area contributed by atoms with E-state index in [4.69, 9.17) is 4.74 Å². The molecule has 0 rings (SSSR count). The van der Waals surface area contributed by atoms with Crippen molar-refractivity contribution < 1.29 is 31.1 Å². The molecule has 23 heavy (non-hydrogen) atoms. The van der Waals surface area contributed by atoms with Gasteiger partial charge in [0.1, 0.15) is 4.75 Å². The second-order valence-corrected chi connectivity index (χ2v) is 8.74. The summed E-state index contributed by atoms with van der Waals surface area (Å²) in [5.41, 5.74) is 0. The van der Waals surface area contributed by atoms with Gasteiger partial charge in [0.05, 0.1) is 11.9 Å². The highest BCUT2D eigenvalue weighted by molar-refractivity contribution is 7.93. The number of halogens is 3. The van der Waals surface area contributed by atoms with Gasteiger partial charge in [0.2, 0.25) is 5.91 Å². The Bertz CT molecular complexity index is 473. The van der Waals surface area contributed by atoms with Crippen LogP contribution in [0.2, 0.25) is 0 Å². The van der Waals surface area contributed by atoms with E-state index in [-0.39, 0.29) is 12.6 Å². The van der Waals surface area contributed by atoms with Gasteiger partial charge in [0, 0.05) is 19.6 Å². The van der Waals surface area contributed by atoms with Crippen LogP contribution in [0.5, 0.6) is 0 Å². The maximum atomic E-state index is 12.1. The SMILES string of the molecule is CC(C)OCCCNC(=O)C(C)(C)S(=O)(=O)CCCC(F)(F)F. The van der Waals surface area contributed by atoms with E-state index >= 15 is 0 Å². The zero-order valence-corrected chi connectivity index (χ0v) is 14.8. The topological polar surface area (TPSA) is 72.5 Å². The summed E-state index contributed by atoms with van der Waals surface area (Å²) in [6.07, 6.45) is -5.55. The molecule has 0 heterocycles. The first kappa shape index (κ1) is 22.2. The van der Waals surface area contributed by atoms with Gasteiger partial charge >= 0.3 is 6.18 Å². The van der Waals surface area contributed by atoms with Crippen LogP contribution in [0.15, 0.2) is 0 Å². The van der Waals surface area contributed by atoms with Crippen LogP contribution in [-0.2, 0) is 19.4 Å². The van der Waals surface area contributed by atoms with Crippen molar-refractivity contribution in [2.75, 3.05) is 18.9 Å². The summed E-state index contributed by atoms with van der Waals surface area (Å²) in [5.74, 6) is -1.39. The Morgan fingerprint density at radius 1 is 1.17 bits per heavy atom. The van der Waals surface area contributed by atoms with E-state index in [1.54, 1.807) is 0 Å². The fourth-order valence-electron chi connectivity index (χ4n) is 1.67. The molecule has 0 bridgehead atoms. The van der Waals surface area contributed by atoms with Crippen LogP contribution in [0, 0.1) is 0 Å². The largest absolute Gasteiger partial charge is 0.389 e. The fourth-order valence-corrected chi connectivity index (χ4v) is 3.05. The lowest BCUT2D eigenvalue weighted by Crippen LogP contribution is -2.49. The molecule has 9 heteroatoms. The molecule has 0 aliphatic heterocycles. The van der Waals surface area contributed by atoms with E-state index in [0.717, 1.165) is 0 Å². The minimum absolute atomic E-state index is 0.0659. The average molecular weight is 361 g/mol. The molecule has 0 saturated carbocycles. The number of carbonyl (C=O) groups excluding carboxylic acids is 1. The minimum Gasteiger partial charge on any atom is -0.379 e. The molecular weight excluding hydrogens is 335 g/mol. The van der Waals surface area contributed by atoms with Crippen LogP contribution in [0.4, 0.5) is 13.2 Å². The van der Waals surface area contributed by atoms with Gasteiger partial charge in [0.15, 0.2) is 9.84 Å². The van der Waals surface area contributed by atoms with E-state index in [1.807, 2.05) is 13.8 Å². The van der Waals surface area contributed by atoms with E-state index in [2.05, 4.69) is 5.32 Å². The molecule has 0 fully saturated rings. The minimum atomic E-state index is -4.40. The highest BCUT2D eigenvalue weighted by atomic mass is 32.2. The number of ether oxygens (including phenoxy) is 1. The van der Waals surface area contributed by atoms with Crippen molar-refractivity contribution in [3.63, 3.8) is 0 Å². The molecular formula is C14H26F3NO4S. The number of rotatable bonds is 10. The Balaban J connectivity index is 4.42. The van der Waals surface area contributed by atoms with Crippen molar-refractivity contribution in [2.45, 2.75) is 64.0 Å². The van der Waals surface area contributed by atoms with Gasteiger partial charge in [-0.2, -0.15) is 13.2 Å². The maximum Gasteiger partial charge on any atom is 0.389 e. The first-order valence-corrected chi connectivity index (χ1v) is 9.14. The zero-order chi connectivity index (χ0) is 18.3. The van der Waals surface area contributed by atoms with Gasteiger partial charge < -0.3 is 10.1 Å². The van der Waals surface area contributed by atoms with E-state index in [1.165, 1.54) is 13.8 Å². The third-order valence-corrected chi connectivity index (χ3v) is 5.82. The van der Waals surface area contributed by atoms with Crippen molar-refractivity contribution in [2.24, 2.45) is 0 Å². The molecule has 0 saturated heterocycles. The molecule has 0 spiro atoms. The normalized spacial score (nSPS) is 13.4. The molecule has 0 radical (unpaired) electrons. The van der Waals surface area contributed by atoms with Gasteiger partial charge in [-0.3, -0.25) is 4.79 Å². The number of hydrogen-bond donors (Lipinski definition) is 1. The highest BCUT2D eigenvalue weighted by Gasteiger charge is 2.41. The average Bonchev–Trinajstić information content (AvgIpc) is 2.35. The highest BCUT2D eigenvalue weighted by Crippen LogP contribution is 2.24. The predicted molar refractivity (Wildman–Crippen MR) is 81.9 cm³/mol. The van der Waals surface area contributed by atoms with Crippen molar-refractivity contribution in [3.8, 4) is 0 Å². The monoisotopic (exact) mass is 361 g/mol. The Morgan fingerprint density at radius 2 is 1.74 bits per heavy atom. The van der Waals surface area contributed by atoms with Crippen molar-refractivity contribution >= 4 is 15.7 Å². The number of amides is 1. The molecule has 0 aromatic carbocycles. The van der Waals surface area contributed by atoms with Crippen molar-refractivity contribution in [3.05, 3.63) is 0 Å². The first-order chi connectivity index (χ1) is 10.3. The lowest BCUT2D eigenvalue weighted by molar-refractivity contribution is -0.134. The van der Waals surface area contributed by atoms with Crippen LogP contribution >= 0.6 is 0 Å². The summed E-state index contributed by atoms with van der Waals surface area (Å²) in [6.45, 7) is 6.82. The third-order valence-electron chi connectivity index (χ3n) is 3.26. The van der Waals surface area contributed by atoms with Crippen LogP contribution in [-0.4, -0.2) is 50.3 Å². The molecule has 5 nitrogen and oxygen atoms in total. The Hall–Kier alpha value is -0.830. The summed E-state index contributed by atoms with van der Waals surface area (Å²) >= 11 is 0. The van der Waals surface area contributed by atoms with Crippen molar-refractivity contribution in [1.29, 1.82) is 0 Å². The standard InChI is InChI=1S/C14H26F3NO4S/c1-11(2)22-9-6-8-18-12(19)13(3,4)23(20,21)10-5-7-14(15,16)17/h11H,5-10H2,1-4H3,(H,18,19). The molecule has 138 valence electrons. The summed E-state index contributed by atoms with van der Waals surface area (Å²) in [5, 5.41) is 2.49. The lowest BCUT2D eigenvalue weighted by atomic mass is 10.2. The molecule has 0 aromatic heterocycles.